The fraction of sp³-hybridized carbons (Fsp3) is 0.481. The third-order valence-corrected chi connectivity index (χ3v) is 7.74. The van der Waals surface area contributed by atoms with E-state index in [4.69, 9.17) is 4.74 Å². The first-order valence-electron chi connectivity index (χ1n) is 12.4. The summed E-state index contributed by atoms with van der Waals surface area (Å²) in [6, 6.07) is 4.14. The average molecular weight is 558 g/mol. The third-order valence-electron chi connectivity index (χ3n) is 7.74. The van der Waals surface area contributed by atoms with Gasteiger partial charge in [-0.2, -0.15) is 26.3 Å². The lowest BCUT2D eigenvalue weighted by molar-refractivity contribution is -0.143. The Morgan fingerprint density at radius 1 is 1.05 bits per heavy atom. The topological polar surface area (TPSA) is 53.1 Å². The van der Waals surface area contributed by atoms with Gasteiger partial charge >= 0.3 is 18.4 Å². The molecule has 3 atom stereocenters. The molecule has 39 heavy (non-hydrogen) atoms. The molecule has 2 heterocycles. The van der Waals surface area contributed by atoms with Crippen LogP contribution in [0.4, 0.5) is 31.1 Å². The summed E-state index contributed by atoms with van der Waals surface area (Å²) in [5.41, 5.74) is -1.65. The van der Waals surface area contributed by atoms with Crippen molar-refractivity contribution in [2.24, 2.45) is 0 Å². The van der Waals surface area contributed by atoms with E-state index in [-0.39, 0.29) is 36.7 Å². The Labute approximate surface area is 222 Å². The molecule has 0 spiro atoms. The Bertz CT molecular complexity index is 1230. The number of piperazine rings is 1. The standard InChI is InChI=1S/C27H29F6N3O3/c1-15-20(6-5-7-22(15)39-4)24-21-8-9-23(37)35(21)10-11-36(24)25(38)34(3)16(2)17-12-18(26(28,29)30)14-19(13-17)27(31,32)33/h5-7,12-14,16,21,24H,8-11H2,1-4H3/t16-,21+,24+/m1/s1. The molecule has 2 aliphatic heterocycles. The Kier molecular flexibility index (Phi) is 7.52. The number of rotatable bonds is 4. The number of nitrogens with zero attached hydrogens (tertiary/aromatic N) is 3. The molecule has 12 heteroatoms. The summed E-state index contributed by atoms with van der Waals surface area (Å²) < 4.78 is 86.1. The number of amides is 3. The van der Waals surface area contributed by atoms with Gasteiger partial charge in [-0.3, -0.25) is 4.79 Å². The van der Waals surface area contributed by atoms with Gasteiger partial charge in [0.25, 0.3) is 0 Å². The van der Waals surface area contributed by atoms with E-state index in [2.05, 4.69) is 0 Å². The van der Waals surface area contributed by atoms with Crippen LogP contribution in [0.5, 0.6) is 5.75 Å². The van der Waals surface area contributed by atoms with Crippen LogP contribution in [0.2, 0.25) is 0 Å². The van der Waals surface area contributed by atoms with Crippen molar-refractivity contribution in [3.05, 3.63) is 64.2 Å². The van der Waals surface area contributed by atoms with Crippen LogP contribution in [0.1, 0.15) is 59.7 Å². The number of halogens is 6. The first-order valence-corrected chi connectivity index (χ1v) is 12.4. The Morgan fingerprint density at radius 3 is 2.23 bits per heavy atom. The largest absolute Gasteiger partial charge is 0.496 e. The zero-order chi connectivity index (χ0) is 28.9. The molecule has 0 aliphatic carbocycles. The van der Waals surface area contributed by atoms with E-state index in [1.165, 1.54) is 21.1 Å². The number of alkyl halides is 6. The fourth-order valence-electron chi connectivity index (χ4n) is 5.51. The number of carbonyl (C=O) groups is 2. The molecule has 4 rings (SSSR count). The molecule has 2 aromatic rings. The van der Waals surface area contributed by atoms with Crippen molar-refractivity contribution in [3.63, 3.8) is 0 Å². The summed E-state index contributed by atoms with van der Waals surface area (Å²) in [4.78, 5) is 30.8. The molecule has 0 aromatic heterocycles. The molecule has 0 radical (unpaired) electrons. The molecular formula is C27H29F6N3O3. The van der Waals surface area contributed by atoms with Crippen molar-refractivity contribution >= 4 is 11.9 Å². The molecular weight excluding hydrogens is 528 g/mol. The number of hydrogen-bond acceptors (Lipinski definition) is 3. The summed E-state index contributed by atoms with van der Waals surface area (Å²) in [5.74, 6) is 0.565. The van der Waals surface area contributed by atoms with Gasteiger partial charge in [-0.1, -0.05) is 12.1 Å². The molecule has 0 bridgehead atoms. The molecule has 2 aliphatic rings. The third kappa shape index (κ3) is 5.38. The van der Waals surface area contributed by atoms with E-state index in [1.807, 2.05) is 13.0 Å². The zero-order valence-corrected chi connectivity index (χ0v) is 21.9. The smallest absolute Gasteiger partial charge is 0.416 e. The molecule has 2 fully saturated rings. The van der Waals surface area contributed by atoms with Gasteiger partial charge in [-0.05, 0) is 61.2 Å². The number of hydrogen-bond donors (Lipinski definition) is 0. The Hall–Kier alpha value is -3.44. The highest BCUT2D eigenvalue weighted by atomic mass is 19.4. The molecule has 0 unspecified atom stereocenters. The van der Waals surface area contributed by atoms with Crippen molar-refractivity contribution in [2.45, 2.75) is 57.2 Å². The van der Waals surface area contributed by atoms with Gasteiger partial charge in [0.05, 0.1) is 36.4 Å². The summed E-state index contributed by atoms with van der Waals surface area (Å²) in [7, 11) is 2.86. The minimum atomic E-state index is -5.00. The first kappa shape index (κ1) is 28.6. The Balaban J connectivity index is 1.72. The molecule has 3 amide bonds. The van der Waals surface area contributed by atoms with Crippen LogP contribution in [0, 0.1) is 6.92 Å². The summed E-state index contributed by atoms with van der Waals surface area (Å²) >= 11 is 0. The number of carbonyl (C=O) groups excluding carboxylic acids is 2. The highest BCUT2D eigenvalue weighted by Crippen LogP contribution is 2.42. The summed E-state index contributed by atoms with van der Waals surface area (Å²) in [6.07, 6.45) is -9.17. The number of methoxy groups -OCH3 is 1. The average Bonchev–Trinajstić information content (AvgIpc) is 3.26. The SMILES string of the molecule is COc1cccc([C@H]2[C@@H]3CCC(=O)N3CCN2C(=O)N(C)[C@H](C)c2cc(C(F)(F)F)cc(C(F)(F)F)c2)c1C. The zero-order valence-electron chi connectivity index (χ0n) is 21.9. The number of benzene rings is 2. The maximum Gasteiger partial charge on any atom is 0.416 e. The normalized spacial score (nSPS) is 20.6. The molecule has 2 aromatic carbocycles. The number of ether oxygens (including phenoxy) is 1. The van der Waals surface area contributed by atoms with Gasteiger partial charge in [0.2, 0.25) is 5.91 Å². The van der Waals surface area contributed by atoms with Gasteiger partial charge in [-0.15, -0.1) is 0 Å². The van der Waals surface area contributed by atoms with Crippen molar-refractivity contribution in [1.82, 2.24) is 14.7 Å². The van der Waals surface area contributed by atoms with Gasteiger partial charge in [0.15, 0.2) is 0 Å². The van der Waals surface area contributed by atoms with E-state index < -0.39 is 41.6 Å². The molecule has 2 saturated heterocycles. The fourth-order valence-corrected chi connectivity index (χ4v) is 5.51. The predicted molar refractivity (Wildman–Crippen MR) is 130 cm³/mol. The van der Waals surface area contributed by atoms with Crippen LogP contribution >= 0.6 is 0 Å². The lowest BCUT2D eigenvalue weighted by Gasteiger charge is -2.47. The maximum absolute atomic E-state index is 13.9. The van der Waals surface area contributed by atoms with Crippen LogP contribution in [0.3, 0.4) is 0 Å². The minimum Gasteiger partial charge on any atom is -0.496 e. The van der Waals surface area contributed by atoms with E-state index >= 15 is 0 Å². The highest BCUT2D eigenvalue weighted by molar-refractivity contribution is 5.81. The van der Waals surface area contributed by atoms with Crippen LogP contribution in [0.25, 0.3) is 0 Å². The van der Waals surface area contributed by atoms with Gasteiger partial charge in [0.1, 0.15) is 5.75 Å². The second-order valence-corrected chi connectivity index (χ2v) is 9.91. The summed E-state index contributed by atoms with van der Waals surface area (Å²) in [5, 5.41) is 0. The van der Waals surface area contributed by atoms with Gasteiger partial charge in [-0.25, -0.2) is 4.79 Å². The lowest BCUT2D eigenvalue weighted by atomic mass is 9.90. The Morgan fingerprint density at radius 2 is 1.67 bits per heavy atom. The van der Waals surface area contributed by atoms with Crippen LogP contribution < -0.4 is 4.74 Å². The van der Waals surface area contributed by atoms with E-state index in [9.17, 15) is 35.9 Å². The van der Waals surface area contributed by atoms with Crippen molar-refractivity contribution < 1.29 is 40.7 Å². The van der Waals surface area contributed by atoms with Gasteiger partial charge < -0.3 is 19.4 Å². The highest BCUT2D eigenvalue weighted by Gasteiger charge is 2.46. The number of fused-ring (bicyclic) bond motifs is 1. The van der Waals surface area contributed by atoms with E-state index in [1.54, 1.807) is 21.9 Å². The van der Waals surface area contributed by atoms with Crippen molar-refractivity contribution in [2.75, 3.05) is 27.2 Å². The van der Waals surface area contributed by atoms with E-state index in [0.29, 0.717) is 30.7 Å². The number of urea groups is 1. The molecule has 212 valence electrons. The van der Waals surface area contributed by atoms with Crippen LogP contribution in [0.15, 0.2) is 36.4 Å². The molecule has 6 nitrogen and oxygen atoms in total. The van der Waals surface area contributed by atoms with Crippen LogP contribution in [-0.2, 0) is 17.1 Å². The summed E-state index contributed by atoms with van der Waals surface area (Å²) in [6.45, 7) is 3.64. The first-order chi connectivity index (χ1) is 18.1. The second kappa shape index (κ2) is 10.3. The van der Waals surface area contributed by atoms with Gasteiger partial charge in [0, 0.05) is 26.6 Å². The van der Waals surface area contributed by atoms with Crippen LogP contribution in [-0.4, -0.2) is 59.9 Å². The monoisotopic (exact) mass is 557 g/mol. The van der Waals surface area contributed by atoms with Crippen molar-refractivity contribution in [1.29, 1.82) is 0 Å². The quantitative estimate of drug-likeness (QED) is 0.421. The molecule has 0 N–H and O–H groups in total. The minimum absolute atomic E-state index is 0.0250. The molecule has 0 saturated carbocycles. The van der Waals surface area contributed by atoms with E-state index in [0.717, 1.165) is 16.0 Å². The predicted octanol–water partition coefficient (Wildman–Crippen LogP) is 6.20. The second-order valence-electron chi connectivity index (χ2n) is 9.91. The maximum atomic E-state index is 13.9. The van der Waals surface area contributed by atoms with Crippen molar-refractivity contribution in [3.8, 4) is 5.75 Å². The lowest BCUT2D eigenvalue weighted by Crippen LogP contribution is -2.57.